The number of carbonyl (C=O) groups is 2. The van der Waals surface area contributed by atoms with Crippen LogP contribution in [0.2, 0.25) is 0 Å². The Morgan fingerprint density at radius 3 is 2.20 bits per heavy atom. The van der Waals surface area contributed by atoms with Crippen LogP contribution >= 0.6 is 0 Å². The smallest absolute Gasteiger partial charge is 0.223 e. The Bertz CT molecular complexity index is 479. The van der Waals surface area contributed by atoms with Crippen molar-refractivity contribution >= 4 is 21.8 Å². The van der Waals surface area contributed by atoms with Crippen molar-refractivity contribution in [2.45, 2.75) is 31.7 Å². The molecule has 0 aromatic rings. The van der Waals surface area contributed by atoms with Gasteiger partial charge in [-0.2, -0.15) is 4.31 Å². The first kappa shape index (κ1) is 15.2. The molecule has 0 radical (unpaired) electrons. The average molecular weight is 303 g/mol. The van der Waals surface area contributed by atoms with E-state index in [0.717, 1.165) is 12.8 Å². The maximum absolute atomic E-state index is 11.9. The lowest BCUT2D eigenvalue weighted by molar-refractivity contribution is -0.134. The zero-order chi connectivity index (χ0) is 14.8. The standard InChI is InChI=1S/C12H21N3O4S/c1-20(18,19)15-8-6-14(7-9-15)12(17)5-4-11(16)13-10-2-3-10/h10H,2-9H2,1H3,(H,13,16). The van der Waals surface area contributed by atoms with Crippen molar-refractivity contribution in [1.82, 2.24) is 14.5 Å². The first-order valence-electron chi connectivity index (χ1n) is 6.88. The van der Waals surface area contributed by atoms with Crippen LogP contribution in [0.1, 0.15) is 25.7 Å². The molecule has 0 unspecified atom stereocenters. The van der Waals surface area contributed by atoms with Gasteiger partial charge in [0.05, 0.1) is 6.26 Å². The Labute approximate surface area is 119 Å². The first-order valence-corrected chi connectivity index (χ1v) is 8.73. The molecule has 2 fully saturated rings. The number of hydrogen-bond donors (Lipinski definition) is 1. The molecule has 2 rings (SSSR count). The number of sulfonamides is 1. The van der Waals surface area contributed by atoms with Gasteiger partial charge in [0.25, 0.3) is 0 Å². The highest BCUT2D eigenvalue weighted by Gasteiger charge is 2.27. The van der Waals surface area contributed by atoms with E-state index in [1.807, 2.05) is 0 Å². The molecule has 1 aliphatic carbocycles. The van der Waals surface area contributed by atoms with Gasteiger partial charge in [-0.1, -0.05) is 0 Å². The summed E-state index contributed by atoms with van der Waals surface area (Å²) < 4.78 is 24.1. The van der Waals surface area contributed by atoms with E-state index in [1.165, 1.54) is 10.6 Å². The second-order valence-corrected chi connectivity index (χ2v) is 7.37. The predicted molar refractivity (Wildman–Crippen MR) is 73.4 cm³/mol. The molecule has 0 bridgehead atoms. The van der Waals surface area contributed by atoms with Crippen molar-refractivity contribution in [3.63, 3.8) is 0 Å². The van der Waals surface area contributed by atoms with Crippen molar-refractivity contribution in [3.05, 3.63) is 0 Å². The summed E-state index contributed by atoms with van der Waals surface area (Å²) >= 11 is 0. The van der Waals surface area contributed by atoms with E-state index in [2.05, 4.69) is 5.32 Å². The molecule has 1 saturated carbocycles. The van der Waals surface area contributed by atoms with E-state index in [-0.39, 0.29) is 24.7 Å². The van der Waals surface area contributed by atoms with Crippen LogP contribution in [-0.4, -0.2) is 67.9 Å². The third kappa shape index (κ3) is 4.45. The van der Waals surface area contributed by atoms with Crippen LogP contribution in [0.5, 0.6) is 0 Å². The van der Waals surface area contributed by atoms with Crippen LogP contribution in [0.3, 0.4) is 0 Å². The SMILES string of the molecule is CS(=O)(=O)N1CCN(C(=O)CCC(=O)NC2CC2)CC1. The van der Waals surface area contributed by atoms with Gasteiger partial charge in [0.2, 0.25) is 21.8 Å². The van der Waals surface area contributed by atoms with E-state index in [0.29, 0.717) is 32.2 Å². The normalized spacial score (nSPS) is 20.8. The number of rotatable bonds is 5. The number of hydrogen-bond acceptors (Lipinski definition) is 4. The monoisotopic (exact) mass is 303 g/mol. The molecule has 1 N–H and O–H groups in total. The summed E-state index contributed by atoms with van der Waals surface area (Å²) in [5.74, 6) is -0.153. The number of piperazine rings is 1. The molecule has 1 saturated heterocycles. The van der Waals surface area contributed by atoms with E-state index >= 15 is 0 Å². The van der Waals surface area contributed by atoms with Gasteiger partial charge in [-0.25, -0.2) is 8.42 Å². The summed E-state index contributed by atoms with van der Waals surface area (Å²) in [7, 11) is -3.18. The maximum Gasteiger partial charge on any atom is 0.223 e. The minimum absolute atomic E-state index is 0.0735. The van der Waals surface area contributed by atoms with Crippen molar-refractivity contribution in [3.8, 4) is 0 Å². The van der Waals surface area contributed by atoms with Crippen LogP contribution in [0.15, 0.2) is 0 Å². The minimum Gasteiger partial charge on any atom is -0.353 e. The summed E-state index contributed by atoms with van der Waals surface area (Å²) in [6, 6.07) is 0.316. The van der Waals surface area contributed by atoms with Gasteiger partial charge in [-0.15, -0.1) is 0 Å². The summed E-state index contributed by atoms with van der Waals surface area (Å²) in [6.07, 6.45) is 3.64. The average Bonchev–Trinajstić information content (AvgIpc) is 3.19. The van der Waals surface area contributed by atoms with Gasteiger partial charge in [-0.05, 0) is 12.8 Å². The highest BCUT2D eigenvalue weighted by molar-refractivity contribution is 7.88. The Hall–Kier alpha value is -1.15. The highest BCUT2D eigenvalue weighted by Crippen LogP contribution is 2.18. The van der Waals surface area contributed by atoms with Crippen molar-refractivity contribution < 1.29 is 18.0 Å². The van der Waals surface area contributed by atoms with E-state index in [9.17, 15) is 18.0 Å². The lowest BCUT2D eigenvalue weighted by Crippen LogP contribution is -2.50. The van der Waals surface area contributed by atoms with Crippen LogP contribution in [0.25, 0.3) is 0 Å². The molecule has 2 aliphatic rings. The number of amides is 2. The van der Waals surface area contributed by atoms with Gasteiger partial charge >= 0.3 is 0 Å². The Kier molecular flexibility index (Phi) is 4.64. The van der Waals surface area contributed by atoms with E-state index < -0.39 is 10.0 Å². The Morgan fingerprint density at radius 1 is 1.10 bits per heavy atom. The molecular weight excluding hydrogens is 282 g/mol. The fourth-order valence-electron chi connectivity index (χ4n) is 2.18. The van der Waals surface area contributed by atoms with Crippen LogP contribution in [0, 0.1) is 0 Å². The molecule has 114 valence electrons. The van der Waals surface area contributed by atoms with Crippen molar-refractivity contribution in [1.29, 1.82) is 0 Å². The molecule has 2 amide bonds. The molecule has 1 heterocycles. The molecule has 0 spiro atoms. The van der Waals surface area contributed by atoms with E-state index in [1.54, 1.807) is 4.90 Å². The quantitative estimate of drug-likeness (QED) is 0.717. The summed E-state index contributed by atoms with van der Waals surface area (Å²) in [5.41, 5.74) is 0. The van der Waals surface area contributed by atoms with Crippen LogP contribution in [-0.2, 0) is 19.6 Å². The van der Waals surface area contributed by atoms with Crippen molar-refractivity contribution in [2.75, 3.05) is 32.4 Å². The maximum atomic E-state index is 11.9. The van der Waals surface area contributed by atoms with Crippen LogP contribution < -0.4 is 5.32 Å². The molecule has 7 nitrogen and oxygen atoms in total. The molecular formula is C12H21N3O4S. The van der Waals surface area contributed by atoms with Crippen molar-refractivity contribution in [2.24, 2.45) is 0 Å². The van der Waals surface area contributed by atoms with Gasteiger partial charge in [0.15, 0.2) is 0 Å². The fraction of sp³-hybridized carbons (Fsp3) is 0.833. The summed E-state index contributed by atoms with van der Waals surface area (Å²) in [4.78, 5) is 25.1. The molecule has 1 aliphatic heterocycles. The highest BCUT2D eigenvalue weighted by atomic mass is 32.2. The fourth-order valence-corrected chi connectivity index (χ4v) is 3.00. The molecule has 0 aromatic heterocycles. The molecule has 8 heteroatoms. The lowest BCUT2D eigenvalue weighted by atomic mass is 10.2. The second-order valence-electron chi connectivity index (χ2n) is 5.38. The summed E-state index contributed by atoms with van der Waals surface area (Å²) in [5, 5.41) is 2.84. The Balaban J connectivity index is 1.70. The third-order valence-corrected chi connectivity index (χ3v) is 4.87. The Morgan fingerprint density at radius 2 is 1.70 bits per heavy atom. The second kappa shape index (κ2) is 6.09. The zero-order valence-electron chi connectivity index (χ0n) is 11.7. The van der Waals surface area contributed by atoms with E-state index in [4.69, 9.17) is 0 Å². The minimum atomic E-state index is -3.18. The lowest BCUT2D eigenvalue weighted by Gasteiger charge is -2.33. The first-order chi connectivity index (χ1) is 9.36. The zero-order valence-corrected chi connectivity index (χ0v) is 12.5. The topological polar surface area (TPSA) is 86.8 Å². The van der Waals surface area contributed by atoms with Gasteiger partial charge in [-0.3, -0.25) is 9.59 Å². The number of nitrogens with one attached hydrogen (secondary N) is 1. The molecule has 0 atom stereocenters. The third-order valence-electron chi connectivity index (χ3n) is 3.57. The van der Waals surface area contributed by atoms with Crippen LogP contribution in [0.4, 0.5) is 0 Å². The number of carbonyl (C=O) groups excluding carboxylic acids is 2. The van der Waals surface area contributed by atoms with Gasteiger partial charge in [0.1, 0.15) is 0 Å². The molecule has 20 heavy (non-hydrogen) atoms. The summed E-state index contributed by atoms with van der Waals surface area (Å²) in [6.45, 7) is 1.46. The number of nitrogens with zero attached hydrogens (tertiary/aromatic N) is 2. The largest absolute Gasteiger partial charge is 0.353 e. The van der Waals surface area contributed by atoms with Gasteiger partial charge in [0, 0.05) is 45.1 Å². The van der Waals surface area contributed by atoms with Gasteiger partial charge < -0.3 is 10.2 Å². The predicted octanol–water partition coefficient (Wildman–Crippen LogP) is -0.851. The molecule has 0 aromatic carbocycles.